The Morgan fingerprint density at radius 3 is 2.86 bits per heavy atom. The molecule has 2 heteroatoms. The zero-order valence-electron chi connectivity index (χ0n) is 8.23. The lowest BCUT2D eigenvalue weighted by Crippen LogP contribution is -2.15. The molecule has 2 aliphatic carbocycles. The number of furan rings is 1. The molecule has 0 amide bonds. The van der Waals surface area contributed by atoms with Crippen molar-refractivity contribution in [3.8, 4) is 0 Å². The largest absolute Gasteiger partial charge is 0.469 e. The van der Waals surface area contributed by atoms with Crippen LogP contribution < -0.4 is 0 Å². The van der Waals surface area contributed by atoms with E-state index in [4.69, 9.17) is 4.42 Å². The average molecular weight is 192 g/mol. The third-order valence-corrected chi connectivity index (χ3v) is 3.91. The highest BCUT2D eigenvalue weighted by molar-refractivity contribution is 5.08. The van der Waals surface area contributed by atoms with Crippen molar-refractivity contribution in [2.24, 2.45) is 17.8 Å². The van der Waals surface area contributed by atoms with Gasteiger partial charge in [0.2, 0.25) is 0 Å². The van der Waals surface area contributed by atoms with E-state index >= 15 is 0 Å². The van der Waals surface area contributed by atoms with E-state index < -0.39 is 0 Å². The summed E-state index contributed by atoms with van der Waals surface area (Å²) in [7, 11) is 0. The van der Waals surface area contributed by atoms with Gasteiger partial charge in [-0.3, -0.25) is 0 Å². The number of hydrogen-bond acceptors (Lipinski definition) is 2. The predicted octanol–water partition coefficient (Wildman–Crippen LogP) is 2.23. The third-order valence-electron chi connectivity index (χ3n) is 3.91. The van der Waals surface area contributed by atoms with E-state index in [2.05, 4.69) is 0 Å². The SMILES string of the molecule is OC(Cc1ccco1)C1C2CCCC21. The lowest BCUT2D eigenvalue weighted by molar-refractivity contribution is 0.129. The highest BCUT2D eigenvalue weighted by Gasteiger charge is 2.55. The molecule has 3 atom stereocenters. The molecule has 3 rings (SSSR count). The van der Waals surface area contributed by atoms with Crippen molar-refractivity contribution in [2.45, 2.75) is 31.8 Å². The van der Waals surface area contributed by atoms with Gasteiger partial charge < -0.3 is 9.52 Å². The van der Waals surface area contributed by atoms with Crippen LogP contribution in [0.1, 0.15) is 25.0 Å². The van der Waals surface area contributed by atoms with E-state index in [1.807, 2.05) is 12.1 Å². The van der Waals surface area contributed by atoms with Gasteiger partial charge in [0.1, 0.15) is 5.76 Å². The maximum Gasteiger partial charge on any atom is 0.106 e. The molecule has 0 aromatic carbocycles. The first-order valence-electron chi connectivity index (χ1n) is 5.56. The smallest absolute Gasteiger partial charge is 0.106 e. The van der Waals surface area contributed by atoms with Crippen LogP contribution in [0.25, 0.3) is 0 Å². The lowest BCUT2D eigenvalue weighted by atomic mass is 10.0. The van der Waals surface area contributed by atoms with Gasteiger partial charge in [-0.05, 0) is 42.7 Å². The van der Waals surface area contributed by atoms with Gasteiger partial charge in [0, 0.05) is 6.42 Å². The number of fused-ring (bicyclic) bond motifs is 1. The molecule has 2 saturated carbocycles. The highest BCUT2D eigenvalue weighted by atomic mass is 16.3. The van der Waals surface area contributed by atoms with Crippen LogP contribution in [-0.4, -0.2) is 11.2 Å². The Labute approximate surface area is 83.9 Å². The molecular formula is C12H16O2. The van der Waals surface area contributed by atoms with E-state index in [9.17, 15) is 5.11 Å². The van der Waals surface area contributed by atoms with E-state index in [1.165, 1.54) is 19.3 Å². The van der Waals surface area contributed by atoms with Crippen molar-refractivity contribution < 1.29 is 9.52 Å². The normalized spacial score (nSPS) is 36.8. The second-order valence-electron chi connectivity index (χ2n) is 4.69. The van der Waals surface area contributed by atoms with Crippen LogP contribution in [0.4, 0.5) is 0 Å². The first-order valence-corrected chi connectivity index (χ1v) is 5.56. The van der Waals surface area contributed by atoms with Gasteiger partial charge in [0.15, 0.2) is 0 Å². The van der Waals surface area contributed by atoms with Crippen molar-refractivity contribution in [2.75, 3.05) is 0 Å². The summed E-state index contributed by atoms with van der Waals surface area (Å²) in [5.41, 5.74) is 0. The summed E-state index contributed by atoms with van der Waals surface area (Å²) < 4.78 is 5.24. The zero-order valence-corrected chi connectivity index (χ0v) is 8.23. The van der Waals surface area contributed by atoms with Crippen LogP contribution in [0.2, 0.25) is 0 Å². The third kappa shape index (κ3) is 1.29. The Kier molecular flexibility index (Phi) is 1.91. The summed E-state index contributed by atoms with van der Waals surface area (Å²) in [6, 6.07) is 3.83. The Balaban J connectivity index is 1.59. The summed E-state index contributed by atoms with van der Waals surface area (Å²) in [5, 5.41) is 10.0. The molecule has 0 radical (unpaired) electrons. The summed E-state index contributed by atoms with van der Waals surface area (Å²) in [6.07, 6.45) is 6.26. The topological polar surface area (TPSA) is 33.4 Å². The van der Waals surface area contributed by atoms with Crippen LogP contribution >= 0.6 is 0 Å². The van der Waals surface area contributed by atoms with E-state index in [-0.39, 0.29) is 6.10 Å². The molecule has 2 aliphatic rings. The molecule has 76 valence electrons. The van der Waals surface area contributed by atoms with E-state index in [1.54, 1.807) is 6.26 Å². The second-order valence-corrected chi connectivity index (χ2v) is 4.69. The maximum atomic E-state index is 10.0. The van der Waals surface area contributed by atoms with E-state index in [0.29, 0.717) is 12.3 Å². The summed E-state index contributed by atoms with van der Waals surface area (Å²) in [5.74, 6) is 3.16. The molecule has 14 heavy (non-hydrogen) atoms. The molecule has 2 nitrogen and oxygen atoms in total. The second kappa shape index (κ2) is 3.13. The minimum absolute atomic E-state index is 0.170. The molecule has 1 aromatic rings. The van der Waals surface area contributed by atoms with Crippen LogP contribution in [0.5, 0.6) is 0 Å². The fourth-order valence-electron chi connectivity index (χ4n) is 3.22. The average Bonchev–Trinajstić information content (AvgIpc) is 2.63. The molecule has 3 unspecified atom stereocenters. The van der Waals surface area contributed by atoms with Gasteiger partial charge in [-0.2, -0.15) is 0 Å². The molecule has 0 saturated heterocycles. The maximum absolute atomic E-state index is 10.0. The fourth-order valence-corrected chi connectivity index (χ4v) is 3.22. The Morgan fingerprint density at radius 2 is 2.21 bits per heavy atom. The van der Waals surface area contributed by atoms with E-state index in [0.717, 1.165) is 17.6 Å². The predicted molar refractivity (Wildman–Crippen MR) is 52.7 cm³/mol. The van der Waals surface area contributed by atoms with Crippen LogP contribution in [0.15, 0.2) is 22.8 Å². The summed E-state index contributed by atoms with van der Waals surface area (Å²) in [4.78, 5) is 0. The quantitative estimate of drug-likeness (QED) is 0.796. The summed E-state index contributed by atoms with van der Waals surface area (Å²) >= 11 is 0. The molecular weight excluding hydrogens is 176 g/mol. The Bertz CT molecular complexity index is 294. The van der Waals surface area contributed by atoms with Crippen molar-refractivity contribution in [1.29, 1.82) is 0 Å². The fraction of sp³-hybridized carbons (Fsp3) is 0.667. The first kappa shape index (κ1) is 8.54. The zero-order chi connectivity index (χ0) is 9.54. The van der Waals surface area contributed by atoms with Crippen LogP contribution in [-0.2, 0) is 6.42 Å². The monoisotopic (exact) mass is 192 g/mol. The molecule has 0 aliphatic heterocycles. The number of hydrogen-bond donors (Lipinski definition) is 1. The Morgan fingerprint density at radius 1 is 1.43 bits per heavy atom. The van der Waals surface area contributed by atoms with Crippen molar-refractivity contribution in [3.63, 3.8) is 0 Å². The van der Waals surface area contributed by atoms with Gasteiger partial charge >= 0.3 is 0 Å². The molecule has 0 spiro atoms. The molecule has 1 N–H and O–H groups in total. The van der Waals surface area contributed by atoms with Crippen molar-refractivity contribution >= 4 is 0 Å². The molecule has 0 bridgehead atoms. The van der Waals surface area contributed by atoms with Gasteiger partial charge in [-0.1, -0.05) is 6.42 Å². The van der Waals surface area contributed by atoms with Crippen LogP contribution in [0.3, 0.4) is 0 Å². The summed E-state index contributed by atoms with van der Waals surface area (Å²) in [6.45, 7) is 0. The minimum atomic E-state index is -0.170. The number of aliphatic hydroxyl groups excluding tert-OH is 1. The molecule has 1 heterocycles. The van der Waals surface area contributed by atoms with Gasteiger partial charge in [0.05, 0.1) is 12.4 Å². The molecule has 1 aromatic heterocycles. The first-order chi connectivity index (χ1) is 6.86. The van der Waals surface area contributed by atoms with Crippen molar-refractivity contribution in [1.82, 2.24) is 0 Å². The number of rotatable bonds is 3. The van der Waals surface area contributed by atoms with Crippen molar-refractivity contribution in [3.05, 3.63) is 24.2 Å². The van der Waals surface area contributed by atoms with Gasteiger partial charge in [-0.25, -0.2) is 0 Å². The minimum Gasteiger partial charge on any atom is -0.469 e. The van der Waals surface area contributed by atoms with Gasteiger partial charge in [0.25, 0.3) is 0 Å². The lowest BCUT2D eigenvalue weighted by Gasteiger charge is -2.10. The highest BCUT2D eigenvalue weighted by Crippen LogP contribution is 2.59. The standard InChI is InChI=1S/C12H16O2/c13-11(7-8-3-2-6-14-8)12-9-4-1-5-10(9)12/h2-3,6,9-13H,1,4-5,7H2. The van der Waals surface area contributed by atoms with Crippen LogP contribution in [0, 0.1) is 17.8 Å². The Hall–Kier alpha value is -0.760. The molecule has 2 fully saturated rings. The van der Waals surface area contributed by atoms with Gasteiger partial charge in [-0.15, -0.1) is 0 Å². The number of aliphatic hydroxyl groups is 1.